The molecule has 146 valence electrons. The summed E-state index contributed by atoms with van der Waals surface area (Å²) < 4.78 is 18.5. The number of amides is 1. The largest absolute Gasteiger partial charge is 0.341 e. The van der Waals surface area contributed by atoms with Gasteiger partial charge in [0.2, 0.25) is 17.6 Å². The maximum absolute atomic E-state index is 13.1. The maximum Gasteiger partial charge on any atom is 0.239 e. The molecule has 2 unspecified atom stereocenters. The van der Waals surface area contributed by atoms with Crippen molar-refractivity contribution in [3.8, 4) is 11.4 Å². The normalized spacial score (nSPS) is 22.9. The van der Waals surface area contributed by atoms with Crippen LogP contribution in [0.1, 0.15) is 43.9 Å². The Morgan fingerprint density at radius 1 is 1.19 bits per heavy atom. The zero-order valence-electron chi connectivity index (χ0n) is 15.1. The topological polar surface area (TPSA) is 71.3 Å². The molecule has 4 rings (SSSR count). The standard InChI is InChI=1S/C19H23FN4O2.ClH/c20-15-8-6-13(7-9-15)17-22-18(26-23-17)14-4-3-11-24(12-14)19(25)16-5-1-2-10-21-16;/h6-9,14,16,21H,1-5,10-12H2;1H. The number of hydrogen-bond acceptors (Lipinski definition) is 5. The van der Waals surface area contributed by atoms with Gasteiger partial charge in [0.15, 0.2) is 0 Å². The van der Waals surface area contributed by atoms with E-state index in [-0.39, 0.29) is 36.1 Å². The zero-order valence-corrected chi connectivity index (χ0v) is 15.9. The molecule has 2 aliphatic heterocycles. The fraction of sp³-hybridized carbons (Fsp3) is 0.526. The van der Waals surface area contributed by atoms with Crippen LogP contribution in [0.3, 0.4) is 0 Å². The molecule has 1 aromatic heterocycles. The van der Waals surface area contributed by atoms with Crippen LogP contribution in [0.15, 0.2) is 28.8 Å². The van der Waals surface area contributed by atoms with Crippen molar-refractivity contribution in [2.75, 3.05) is 19.6 Å². The van der Waals surface area contributed by atoms with Crippen molar-refractivity contribution in [1.29, 1.82) is 0 Å². The first-order valence-corrected chi connectivity index (χ1v) is 9.32. The quantitative estimate of drug-likeness (QED) is 0.865. The molecule has 0 bridgehead atoms. The molecular weight excluding hydrogens is 371 g/mol. The summed E-state index contributed by atoms with van der Waals surface area (Å²) in [4.78, 5) is 19.2. The van der Waals surface area contributed by atoms with Crippen molar-refractivity contribution in [2.24, 2.45) is 0 Å². The molecule has 1 amide bonds. The van der Waals surface area contributed by atoms with E-state index in [1.807, 2.05) is 4.90 Å². The molecule has 6 nitrogen and oxygen atoms in total. The number of carbonyl (C=O) groups excluding carboxylic acids is 1. The average molecular weight is 395 g/mol. The number of rotatable bonds is 3. The molecule has 0 radical (unpaired) electrons. The van der Waals surface area contributed by atoms with Crippen LogP contribution in [0, 0.1) is 5.82 Å². The molecule has 2 atom stereocenters. The van der Waals surface area contributed by atoms with Crippen molar-refractivity contribution in [1.82, 2.24) is 20.4 Å². The Morgan fingerprint density at radius 2 is 2.00 bits per heavy atom. The number of halogens is 2. The van der Waals surface area contributed by atoms with Crippen molar-refractivity contribution < 1.29 is 13.7 Å². The number of aromatic nitrogens is 2. The van der Waals surface area contributed by atoms with Gasteiger partial charge in [-0.1, -0.05) is 11.6 Å². The number of hydrogen-bond donors (Lipinski definition) is 1. The lowest BCUT2D eigenvalue weighted by Gasteiger charge is -2.35. The van der Waals surface area contributed by atoms with E-state index in [0.717, 1.165) is 50.8 Å². The molecular formula is C19H24ClFN4O2. The van der Waals surface area contributed by atoms with E-state index < -0.39 is 0 Å². The monoisotopic (exact) mass is 394 g/mol. The predicted molar refractivity (Wildman–Crippen MR) is 101 cm³/mol. The van der Waals surface area contributed by atoms with E-state index in [1.54, 1.807) is 12.1 Å². The first-order chi connectivity index (χ1) is 12.7. The summed E-state index contributed by atoms with van der Waals surface area (Å²) in [5, 5.41) is 7.35. The lowest BCUT2D eigenvalue weighted by molar-refractivity contribution is -0.135. The SMILES string of the molecule is Cl.O=C(C1CCCCN1)N1CCCC(c2nc(-c3ccc(F)cc3)no2)C1. The smallest absolute Gasteiger partial charge is 0.239 e. The molecule has 2 fully saturated rings. The minimum atomic E-state index is -0.296. The Kier molecular flexibility index (Phi) is 6.44. The third-order valence-corrected chi connectivity index (χ3v) is 5.23. The van der Waals surface area contributed by atoms with Crippen LogP contribution in [0.2, 0.25) is 0 Å². The molecule has 0 saturated carbocycles. The molecule has 3 heterocycles. The fourth-order valence-corrected chi connectivity index (χ4v) is 3.78. The summed E-state index contributed by atoms with van der Waals surface area (Å²) >= 11 is 0. The van der Waals surface area contributed by atoms with Crippen molar-refractivity contribution in [3.05, 3.63) is 36.0 Å². The highest BCUT2D eigenvalue weighted by molar-refractivity contribution is 5.85. The van der Waals surface area contributed by atoms with Crippen LogP contribution >= 0.6 is 12.4 Å². The van der Waals surface area contributed by atoms with Gasteiger partial charge in [-0.2, -0.15) is 4.98 Å². The Labute approximate surface area is 163 Å². The van der Waals surface area contributed by atoms with Crippen LogP contribution < -0.4 is 5.32 Å². The van der Waals surface area contributed by atoms with Crippen LogP contribution in [0.4, 0.5) is 4.39 Å². The van der Waals surface area contributed by atoms with Gasteiger partial charge in [0.25, 0.3) is 0 Å². The third-order valence-electron chi connectivity index (χ3n) is 5.23. The lowest BCUT2D eigenvalue weighted by atomic mass is 9.96. The second-order valence-electron chi connectivity index (χ2n) is 7.09. The van der Waals surface area contributed by atoms with E-state index in [4.69, 9.17) is 4.52 Å². The molecule has 27 heavy (non-hydrogen) atoms. The van der Waals surface area contributed by atoms with Gasteiger partial charge in [-0.25, -0.2) is 4.39 Å². The van der Waals surface area contributed by atoms with Gasteiger partial charge in [-0.15, -0.1) is 12.4 Å². The Bertz CT molecular complexity index is 761. The summed E-state index contributed by atoms with van der Waals surface area (Å²) in [7, 11) is 0. The van der Waals surface area contributed by atoms with Gasteiger partial charge >= 0.3 is 0 Å². The number of piperidine rings is 2. The van der Waals surface area contributed by atoms with E-state index in [2.05, 4.69) is 15.5 Å². The average Bonchev–Trinajstić information content (AvgIpc) is 3.19. The van der Waals surface area contributed by atoms with Crippen LogP contribution in [0.5, 0.6) is 0 Å². The van der Waals surface area contributed by atoms with Crippen molar-refractivity contribution in [2.45, 2.75) is 44.1 Å². The highest BCUT2D eigenvalue weighted by Crippen LogP contribution is 2.28. The highest BCUT2D eigenvalue weighted by Gasteiger charge is 2.32. The molecule has 8 heteroatoms. The van der Waals surface area contributed by atoms with Crippen LogP contribution in [0.25, 0.3) is 11.4 Å². The number of benzene rings is 1. The number of nitrogens with zero attached hydrogens (tertiary/aromatic N) is 3. The van der Waals surface area contributed by atoms with Gasteiger partial charge < -0.3 is 14.7 Å². The number of nitrogens with one attached hydrogen (secondary N) is 1. The van der Waals surface area contributed by atoms with E-state index in [9.17, 15) is 9.18 Å². The van der Waals surface area contributed by atoms with Gasteiger partial charge in [0, 0.05) is 18.7 Å². The van der Waals surface area contributed by atoms with E-state index in [0.29, 0.717) is 18.3 Å². The molecule has 1 aromatic carbocycles. The Hall–Kier alpha value is -1.99. The molecule has 2 aliphatic rings. The minimum Gasteiger partial charge on any atom is -0.341 e. The van der Waals surface area contributed by atoms with Gasteiger partial charge in [-0.3, -0.25) is 4.79 Å². The van der Waals surface area contributed by atoms with Crippen LogP contribution in [-0.4, -0.2) is 46.6 Å². The summed E-state index contributed by atoms with van der Waals surface area (Å²) in [5.41, 5.74) is 0.719. The highest BCUT2D eigenvalue weighted by atomic mass is 35.5. The molecule has 0 aliphatic carbocycles. The number of likely N-dealkylation sites (tertiary alicyclic amines) is 1. The second-order valence-corrected chi connectivity index (χ2v) is 7.09. The zero-order chi connectivity index (χ0) is 17.9. The first kappa shape index (κ1) is 19.8. The lowest BCUT2D eigenvalue weighted by Crippen LogP contribution is -2.51. The van der Waals surface area contributed by atoms with Gasteiger partial charge in [0.1, 0.15) is 5.82 Å². The van der Waals surface area contributed by atoms with Crippen LogP contribution in [-0.2, 0) is 4.79 Å². The van der Waals surface area contributed by atoms with E-state index in [1.165, 1.54) is 12.1 Å². The summed E-state index contributed by atoms with van der Waals surface area (Å²) in [5.74, 6) is 0.955. The second kappa shape index (κ2) is 8.80. The van der Waals surface area contributed by atoms with Gasteiger partial charge in [-0.05, 0) is 56.5 Å². The Balaban J connectivity index is 0.00000210. The summed E-state index contributed by atoms with van der Waals surface area (Å²) in [6.07, 6.45) is 5.01. The summed E-state index contributed by atoms with van der Waals surface area (Å²) in [6.45, 7) is 2.31. The fourth-order valence-electron chi connectivity index (χ4n) is 3.78. The van der Waals surface area contributed by atoms with Crippen molar-refractivity contribution >= 4 is 18.3 Å². The molecule has 0 spiro atoms. The number of carbonyl (C=O) groups is 1. The molecule has 2 saturated heterocycles. The summed E-state index contributed by atoms with van der Waals surface area (Å²) in [6, 6.07) is 5.97. The maximum atomic E-state index is 13.1. The van der Waals surface area contributed by atoms with Gasteiger partial charge in [0.05, 0.1) is 12.0 Å². The predicted octanol–water partition coefficient (Wildman–Crippen LogP) is 3.15. The van der Waals surface area contributed by atoms with Crippen molar-refractivity contribution in [3.63, 3.8) is 0 Å². The molecule has 1 N–H and O–H groups in total. The Morgan fingerprint density at radius 3 is 2.74 bits per heavy atom. The van der Waals surface area contributed by atoms with E-state index >= 15 is 0 Å². The molecule has 2 aromatic rings. The third kappa shape index (κ3) is 4.47. The minimum absolute atomic E-state index is 0. The first-order valence-electron chi connectivity index (χ1n) is 9.32.